The molecule has 0 N–H and O–H groups in total. The Balaban J connectivity index is -0.0000000881. The minimum Gasteiger partial charge on any atom is -0.372 e. The molecule has 0 aliphatic rings. The summed E-state index contributed by atoms with van der Waals surface area (Å²) >= 11 is 5.40. The van der Waals surface area contributed by atoms with Crippen molar-refractivity contribution >= 4 is 35.5 Å². The van der Waals surface area contributed by atoms with Crippen molar-refractivity contribution in [3.63, 3.8) is 0 Å². The number of unbranched alkanes of at least 4 members (excludes halogenated alkanes) is 3. The van der Waals surface area contributed by atoms with Crippen molar-refractivity contribution < 1.29 is 0 Å². The van der Waals surface area contributed by atoms with E-state index in [4.69, 9.17) is 11.6 Å². The average molecular weight is 403 g/mol. The molecule has 114 valence electrons. The van der Waals surface area contributed by atoms with Crippen LogP contribution in [0.25, 0.3) is 0 Å². The van der Waals surface area contributed by atoms with Gasteiger partial charge in [0.15, 0.2) is 0 Å². The Kier molecular flexibility index (Phi) is 44.8. The molecule has 0 saturated carbocycles. The van der Waals surface area contributed by atoms with Crippen LogP contribution < -0.4 is 0 Å². The van der Waals surface area contributed by atoms with E-state index in [0.717, 1.165) is 19.3 Å². The van der Waals surface area contributed by atoms with Crippen LogP contribution >= 0.6 is 11.6 Å². The van der Waals surface area contributed by atoms with Crippen molar-refractivity contribution in [2.45, 2.75) is 59.3 Å². The van der Waals surface area contributed by atoms with Crippen molar-refractivity contribution in [1.82, 2.24) is 4.98 Å². The van der Waals surface area contributed by atoms with Crippen LogP contribution in [0, 0.1) is 26.8 Å². The second kappa shape index (κ2) is 31.6. The Morgan fingerprint density at radius 1 is 1.00 bits per heavy atom. The molecule has 0 bridgehead atoms. The van der Waals surface area contributed by atoms with Crippen LogP contribution in [0.1, 0.15) is 59.3 Å². The molecular weight excluding hydrogens is 372 g/mol. The number of rotatable bonds is 3. The van der Waals surface area contributed by atoms with E-state index in [1.165, 1.54) is 19.3 Å². The second-order valence-electron chi connectivity index (χ2n) is 3.64. The maximum absolute atomic E-state index is 5.40. The Morgan fingerprint density at radius 3 is 1.45 bits per heavy atom. The maximum Gasteiger partial charge on any atom is 4.00 e. The van der Waals surface area contributed by atoms with Crippen LogP contribution in [-0.2, 0) is 0 Å². The van der Waals surface area contributed by atoms with Gasteiger partial charge in [0.05, 0.1) is 0 Å². The van der Waals surface area contributed by atoms with Crippen LogP contribution in [0.5, 0.6) is 0 Å². The van der Waals surface area contributed by atoms with Crippen molar-refractivity contribution in [2.24, 2.45) is 0 Å². The summed E-state index contributed by atoms with van der Waals surface area (Å²) in [5.74, 6) is 0. The minimum absolute atomic E-state index is 0. The molecule has 0 radical (unpaired) electrons. The number of aromatic nitrogens is 1. The fourth-order valence-corrected chi connectivity index (χ4v) is 0.425. The van der Waals surface area contributed by atoms with E-state index in [9.17, 15) is 0 Å². The molecule has 0 unspecified atom stereocenters. The van der Waals surface area contributed by atoms with E-state index in [1.807, 2.05) is 0 Å². The van der Waals surface area contributed by atoms with E-state index in [0.29, 0.717) is 5.15 Å². The zero-order chi connectivity index (χ0) is 15.4. The van der Waals surface area contributed by atoms with Crippen molar-refractivity contribution in [3.8, 4) is 0 Å². The molecule has 0 spiro atoms. The Labute approximate surface area is 149 Å². The summed E-state index contributed by atoms with van der Waals surface area (Å²) in [5.41, 5.74) is 0. The van der Waals surface area contributed by atoms with Crippen molar-refractivity contribution in [3.05, 3.63) is 50.3 Å². The molecule has 1 aromatic heterocycles. The molecule has 20 heavy (non-hydrogen) atoms. The molecule has 1 rings (SSSR count). The zero-order valence-electron chi connectivity index (χ0n) is 13.4. The van der Waals surface area contributed by atoms with Gasteiger partial charge in [-0.1, -0.05) is 46.2 Å². The topological polar surface area (TPSA) is 12.9 Å². The second-order valence-corrected chi connectivity index (χ2v) is 4.03. The van der Waals surface area contributed by atoms with E-state index in [2.05, 4.69) is 52.6 Å². The summed E-state index contributed by atoms with van der Waals surface area (Å²) in [4.78, 5) is 3.71. The fourth-order valence-electron chi connectivity index (χ4n) is 0.306. The molecule has 1 aromatic rings. The third-order valence-corrected chi connectivity index (χ3v) is 1.84. The predicted octanol–water partition coefficient (Wildman–Crippen LogP) is 6.02. The van der Waals surface area contributed by atoms with Crippen LogP contribution in [0.15, 0.2) is 18.3 Å². The minimum atomic E-state index is 0. The fraction of sp³-hybridized carbons (Fsp3) is 0.529. The monoisotopic (exact) mass is 403 g/mol. The third-order valence-electron chi connectivity index (χ3n) is 1.63. The molecule has 0 atom stereocenters. The normalized spacial score (nSPS) is 7.55. The van der Waals surface area contributed by atoms with Crippen LogP contribution in [0.2, 0.25) is 5.15 Å². The standard InChI is InChI=1S/C5H3ClN.3C4H9.Sn/c6-5-3-1-2-4-7-5;3*1-3-4-2;/h2-4H;3*1,3-4H2,2H3;/q4*-1;+4. The van der Waals surface area contributed by atoms with Crippen LogP contribution in [0.3, 0.4) is 0 Å². The first-order valence-corrected chi connectivity index (χ1v) is 7.37. The molecule has 0 fully saturated rings. The summed E-state index contributed by atoms with van der Waals surface area (Å²) in [5, 5.41) is 0.488. The predicted molar refractivity (Wildman–Crippen MR) is 94.6 cm³/mol. The van der Waals surface area contributed by atoms with Gasteiger partial charge in [0.25, 0.3) is 0 Å². The Bertz CT molecular complexity index is 202. The number of hydrogen-bond acceptors (Lipinski definition) is 1. The first-order valence-electron chi connectivity index (χ1n) is 6.99. The van der Waals surface area contributed by atoms with Gasteiger partial charge in [0, 0.05) is 5.15 Å². The van der Waals surface area contributed by atoms with E-state index in [-0.39, 0.29) is 23.9 Å². The first-order chi connectivity index (χ1) is 9.14. The first kappa shape index (κ1) is 28.4. The third kappa shape index (κ3) is 42.9. The quantitative estimate of drug-likeness (QED) is 0.342. The van der Waals surface area contributed by atoms with Crippen molar-refractivity contribution in [2.75, 3.05) is 0 Å². The smallest absolute Gasteiger partial charge is 0.372 e. The van der Waals surface area contributed by atoms with Gasteiger partial charge < -0.3 is 25.8 Å². The molecule has 0 aromatic carbocycles. The molecule has 1 heterocycles. The summed E-state index contributed by atoms with van der Waals surface area (Å²) in [6.45, 7) is 17.2. The van der Waals surface area contributed by atoms with Gasteiger partial charge in [-0.25, -0.2) is 0 Å². The van der Waals surface area contributed by atoms with Gasteiger partial charge in [-0.2, -0.15) is 31.4 Å². The summed E-state index contributed by atoms with van der Waals surface area (Å²) in [6, 6.07) is 6.08. The Morgan fingerprint density at radius 2 is 1.35 bits per heavy atom. The summed E-state index contributed by atoms with van der Waals surface area (Å²) in [6.07, 6.45) is 8.43. The van der Waals surface area contributed by atoms with Crippen LogP contribution in [-0.4, -0.2) is 28.9 Å². The van der Waals surface area contributed by atoms with Crippen LogP contribution in [0.4, 0.5) is 0 Å². The number of pyridine rings is 1. The summed E-state index contributed by atoms with van der Waals surface area (Å²) < 4.78 is 0. The van der Waals surface area contributed by atoms with E-state index >= 15 is 0 Å². The molecule has 0 amide bonds. The number of nitrogens with zero attached hydrogens (tertiary/aromatic N) is 1. The molecule has 1 nitrogen and oxygen atoms in total. The SMILES string of the molecule is Clc1c[c-]ccn1.[CH2-]CCC.[CH2-]CCC.[CH2-]CCC.[Sn+4]. The molecule has 0 aliphatic carbocycles. The van der Waals surface area contributed by atoms with Gasteiger partial charge in [0.2, 0.25) is 0 Å². The molecular formula is C17H30ClNSn. The van der Waals surface area contributed by atoms with E-state index in [1.54, 1.807) is 18.3 Å². The number of halogens is 1. The van der Waals surface area contributed by atoms with Gasteiger partial charge in [-0.15, -0.1) is 17.7 Å². The van der Waals surface area contributed by atoms with Crippen molar-refractivity contribution in [1.29, 1.82) is 0 Å². The average Bonchev–Trinajstić information content (AvgIpc) is 2.48. The van der Waals surface area contributed by atoms with Gasteiger partial charge in [-0.3, -0.25) is 0 Å². The molecule has 0 saturated heterocycles. The largest absolute Gasteiger partial charge is 4.00 e. The zero-order valence-corrected chi connectivity index (χ0v) is 17.0. The van der Waals surface area contributed by atoms with Gasteiger partial charge in [0.1, 0.15) is 0 Å². The molecule has 0 aliphatic heterocycles. The maximum atomic E-state index is 5.40. The van der Waals surface area contributed by atoms with E-state index < -0.39 is 0 Å². The van der Waals surface area contributed by atoms with Gasteiger partial charge >= 0.3 is 23.9 Å². The Hall–Kier alpha value is 0.239. The number of hydrogen-bond donors (Lipinski definition) is 0. The molecule has 3 heteroatoms. The van der Waals surface area contributed by atoms with Gasteiger partial charge in [-0.05, 0) is 0 Å². The summed E-state index contributed by atoms with van der Waals surface area (Å²) in [7, 11) is 0.